The molecule has 0 bridgehead atoms. The summed E-state index contributed by atoms with van der Waals surface area (Å²) in [6.07, 6.45) is 1.58. The van der Waals surface area contributed by atoms with Crippen LogP contribution in [-0.4, -0.2) is 18.7 Å². The number of hydrogen-bond donors (Lipinski definition) is 0. The molecule has 0 fully saturated rings. The van der Waals surface area contributed by atoms with Gasteiger partial charge in [0, 0.05) is 6.54 Å². The zero-order valence-electron chi connectivity index (χ0n) is 16.2. The van der Waals surface area contributed by atoms with Gasteiger partial charge < -0.3 is 4.57 Å². The highest BCUT2D eigenvalue weighted by Crippen LogP contribution is 2.15. The molecule has 2 heterocycles. The minimum absolute atomic E-state index is 0.141. The molecule has 0 saturated heterocycles. The van der Waals surface area contributed by atoms with Crippen molar-refractivity contribution in [1.82, 2.24) is 18.7 Å². The predicted octanol–water partition coefficient (Wildman–Crippen LogP) is 3.19. The predicted molar refractivity (Wildman–Crippen MR) is 110 cm³/mol. The Balaban J connectivity index is 2.02. The van der Waals surface area contributed by atoms with Crippen LogP contribution in [0.15, 0.2) is 70.5 Å². The quantitative estimate of drug-likeness (QED) is 0.524. The van der Waals surface area contributed by atoms with Crippen LogP contribution in [0.4, 0.5) is 4.39 Å². The summed E-state index contributed by atoms with van der Waals surface area (Å²) in [6, 6.07) is 14.9. The van der Waals surface area contributed by atoms with Crippen LogP contribution in [0, 0.1) is 11.7 Å². The lowest BCUT2D eigenvalue weighted by atomic mass is 10.2. The van der Waals surface area contributed by atoms with Gasteiger partial charge in [0.25, 0.3) is 5.56 Å². The number of benzene rings is 2. The van der Waals surface area contributed by atoms with Gasteiger partial charge in [-0.2, -0.15) is 0 Å². The minimum atomic E-state index is -0.507. The maximum Gasteiger partial charge on any atom is 0.337 e. The molecule has 7 heteroatoms. The molecule has 0 spiro atoms. The molecule has 6 nitrogen and oxygen atoms in total. The van der Waals surface area contributed by atoms with Crippen molar-refractivity contribution in [3.8, 4) is 5.69 Å². The first-order valence-corrected chi connectivity index (χ1v) is 9.46. The summed E-state index contributed by atoms with van der Waals surface area (Å²) in [5.74, 6) is -0.110. The van der Waals surface area contributed by atoms with Crippen molar-refractivity contribution < 1.29 is 4.39 Å². The number of rotatable bonds is 5. The van der Waals surface area contributed by atoms with Gasteiger partial charge >= 0.3 is 5.69 Å². The van der Waals surface area contributed by atoms with Crippen LogP contribution in [0.5, 0.6) is 0 Å². The van der Waals surface area contributed by atoms with E-state index in [1.807, 2.05) is 44.2 Å². The van der Waals surface area contributed by atoms with Crippen molar-refractivity contribution in [1.29, 1.82) is 0 Å². The minimum Gasteiger partial charge on any atom is -0.324 e. The smallest absolute Gasteiger partial charge is 0.324 e. The molecule has 0 saturated carbocycles. The van der Waals surface area contributed by atoms with Crippen LogP contribution in [0.2, 0.25) is 0 Å². The van der Waals surface area contributed by atoms with Crippen LogP contribution < -0.4 is 11.2 Å². The first-order chi connectivity index (χ1) is 14.0. The average molecular weight is 392 g/mol. The number of hydrogen-bond acceptors (Lipinski definition) is 3. The van der Waals surface area contributed by atoms with Gasteiger partial charge in [0.05, 0.1) is 18.6 Å². The molecule has 0 atom stereocenters. The first-order valence-electron chi connectivity index (χ1n) is 9.46. The van der Waals surface area contributed by atoms with E-state index in [-0.39, 0.29) is 17.8 Å². The van der Waals surface area contributed by atoms with E-state index in [1.54, 1.807) is 10.9 Å². The highest BCUT2D eigenvalue weighted by Gasteiger charge is 2.19. The molecule has 2 aromatic heterocycles. The molecular formula is C22H21FN4O2. The van der Waals surface area contributed by atoms with Crippen LogP contribution in [0.3, 0.4) is 0 Å². The largest absolute Gasteiger partial charge is 0.337 e. The van der Waals surface area contributed by atoms with Crippen molar-refractivity contribution in [3.05, 3.63) is 93.1 Å². The Morgan fingerprint density at radius 3 is 2.34 bits per heavy atom. The summed E-state index contributed by atoms with van der Waals surface area (Å²) < 4.78 is 17.8. The third-order valence-corrected chi connectivity index (χ3v) is 4.73. The Hall–Kier alpha value is -3.48. The van der Waals surface area contributed by atoms with Gasteiger partial charge in [-0.3, -0.25) is 9.36 Å². The first kappa shape index (κ1) is 18.9. The Bertz CT molecular complexity index is 1270. The third-order valence-electron chi connectivity index (χ3n) is 4.73. The van der Waals surface area contributed by atoms with Gasteiger partial charge in [-0.05, 0) is 35.7 Å². The van der Waals surface area contributed by atoms with Gasteiger partial charge in [-0.1, -0.05) is 44.2 Å². The van der Waals surface area contributed by atoms with E-state index in [2.05, 4.69) is 4.98 Å². The van der Waals surface area contributed by atoms with Gasteiger partial charge in [0.2, 0.25) is 0 Å². The maximum atomic E-state index is 13.4. The zero-order chi connectivity index (χ0) is 20.5. The second-order valence-electron chi connectivity index (χ2n) is 7.43. The molecule has 0 aliphatic rings. The summed E-state index contributed by atoms with van der Waals surface area (Å²) in [7, 11) is 0. The monoisotopic (exact) mass is 392 g/mol. The van der Waals surface area contributed by atoms with E-state index in [1.165, 1.54) is 33.4 Å². The van der Waals surface area contributed by atoms with Crippen molar-refractivity contribution in [2.75, 3.05) is 0 Å². The van der Waals surface area contributed by atoms with E-state index in [9.17, 15) is 14.0 Å². The summed E-state index contributed by atoms with van der Waals surface area (Å²) in [5, 5.41) is 0. The highest BCUT2D eigenvalue weighted by molar-refractivity contribution is 5.72. The molecule has 29 heavy (non-hydrogen) atoms. The number of fused-ring (bicyclic) bond motifs is 1. The molecule has 2 aromatic carbocycles. The van der Waals surface area contributed by atoms with Crippen molar-refractivity contribution in [2.24, 2.45) is 5.92 Å². The van der Waals surface area contributed by atoms with Gasteiger partial charge in [0.1, 0.15) is 5.82 Å². The summed E-state index contributed by atoms with van der Waals surface area (Å²) in [6.45, 7) is 4.83. The van der Waals surface area contributed by atoms with E-state index >= 15 is 0 Å². The SMILES string of the molecule is CC(C)Cn1cnc2c1c(=O)n(Cc1ccccc1)c(=O)n2-c1ccc(F)cc1. The Morgan fingerprint density at radius 1 is 1.00 bits per heavy atom. The molecule has 0 aliphatic heterocycles. The van der Waals surface area contributed by atoms with E-state index in [0.717, 1.165) is 5.56 Å². The summed E-state index contributed by atoms with van der Waals surface area (Å²) in [4.78, 5) is 31.0. The normalized spacial score (nSPS) is 11.4. The Kier molecular flexibility index (Phi) is 4.88. The standard InChI is InChI=1S/C22H21FN4O2/c1-15(2)12-25-14-24-20-19(25)21(28)26(13-16-6-4-3-5-7-16)22(29)27(20)18-10-8-17(23)9-11-18/h3-11,14-15H,12-13H2,1-2H3. The fraction of sp³-hybridized carbons (Fsp3) is 0.227. The second kappa shape index (κ2) is 7.50. The number of halogens is 1. The number of aromatic nitrogens is 4. The summed E-state index contributed by atoms with van der Waals surface area (Å²) in [5.41, 5.74) is 1.04. The van der Waals surface area contributed by atoms with Crippen molar-refractivity contribution in [2.45, 2.75) is 26.9 Å². The lowest BCUT2D eigenvalue weighted by Crippen LogP contribution is -2.40. The average Bonchev–Trinajstić information content (AvgIpc) is 3.10. The number of imidazole rings is 1. The molecule has 148 valence electrons. The van der Waals surface area contributed by atoms with Crippen molar-refractivity contribution in [3.63, 3.8) is 0 Å². The molecule has 0 radical (unpaired) electrons. The van der Waals surface area contributed by atoms with Crippen LogP contribution in [-0.2, 0) is 13.1 Å². The fourth-order valence-corrected chi connectivity index (χ4v) is 3.44. The number of nitrogens with zero attached hydrogens (tertiary/aromatic N) is 4. The molecule has 4 aromatic rings. The van der Waals surface area contributed by atoms with Crippen LogP contribution in [0.1, 0.15) is 19.4 Å². The molecule has 0 N–H and O–H groups in total. The molecule has 4 rings (SSSR count). The lowest BCUT2D eigenvalue weighted by Gasteiger charge is -2.13. The molecule has 0 aliphatic carbocycles. The van der Waals surface area contributed by atoms with E-state index in [4.69, 9.17) is 0 Å². The lowest BCUT2D eigenvalue weighted by molar-refractivity contribution is 0.530. The molecule has 0 amide bonds. The van der Waals surface area contributed by atoms with Crippen LogP contribution >= 0.6 is 0 Å². The van der Waals surface area contributed by atoms with Crippen LogP contribution in [0.25, 0.3) is 16.9 Å². The molecule has 0 unspecified atom stereocenters. The van der Waals surface area contributed by atoms with Gasteiger partial charge in [-0.25, -0.2) is 18.7 Å². The van der Waals surface area contributed by atoms with Crippen molar-refractivity contribution >= 4 is 11.2 Å². The zero-order valence-corrected chi connectivity index (χ0v) is 16.2. The fourth-order valence-electron chi connectivity index (χ4n) is 3.44. The van der Waals surface area contributed by atoms with E-state index in [0.29, 0.717) is 23.7 Å². The van der Waals surface area contributed by atoms with Gasteiger partial charge in [0.15, 0.2) is 11.2 Å². The highest BCUT2D eigenvalue weighted by atomic mass is 19.1. The molecular weight excluding hydrogens is 371 g/mol. The Morgan fingerprint density at radius 2 is 1.69 bits per heavy atom. The summed E-state index contributed by atoms with van der Waals surface area (Å²) >= 11 is 0. The Labute approximate surface area is 166 Å². The van der Waals surface area contributed by atoms with Gasteiger partial charge in [-0.15, -0.1) is 0 Å². The topological polar surface area (TPSA) is 61.8 Å². The second-order valence-corrected chi connectivity index (χ2v) is 7.43. The van der Waals surface area contributed by atoms with E-state index < -0.39 is 11.5 Å². The third kappa shape index (κ3) is 3.51. The maximum absolute atomic E-state index is 13.4.